The van der Waals surface area contributed by atoms with Crippen molar-refractivity contribution in [1.82, 2.24) is 0 Å². The molecule has 0 unspecified atom stereocenters. The van der Waals surface area contributed by atoms with Crippen molar-refractivity contribution in [3.63, 3.8) is 0 Å². The van der Waals surface area contributed by atoms with Gasteiger partial charge in [-0.05, 0) is 12.1 Å². The van der Waals surface area contributed by atoms with Gasteiger partial charge in [-0.1, -0.05) is 43.8 Å². The summed E-state index contributed by atoms with van der Waals surface area (Å²) in [4.78, 5) is 0. The molecule has 2 nitrogen and oxygen atoms in total. The molecule has 0 N–H and O–H groups in total. The van der Waals surface area contributed by atoms with Crippen molar-refractivity contribution in [2.24, 2.45) is 0 Å². The highest BCUT2D eigenvalue weighted by atomic mass is 28.3. The standard InChI is InChI=1S/C15H20O2Si/c1-16-15(11-8-12-18(2,3)4)13-17-14-9-6-5-7-10-14/h5-7,9-11H,13H2,1-4H3/b15-11-. The predicted molar refractivity (Wildman–Crippen MR) is 78.2 cm³/mol. The van der Waals surface area contributed by atoms with Gasteiger partial charge in [0.15, 0.2) is 0 Å². The summed E-state index contributed by atoms with van der Waals surface area (Å²) in [5, 5.41) is 0. The highest BCUT2D eigenvalue weighted by Gasteiger charge is 2.07. The maximum atomic E-state index is 5.59. The summed E-state index contributed by atoms with van der Waals surface area (Å²) < 4.78 is 10.8. The summed E-state index contributed by atoms with van der Waals surface area (Å²) >= 11 is 0. The molecule has 0 aromatic heterocycles. The highest BCUT2D eigenvalue weighted by molar-refractivity contribution is 6.83. The van der Waals surface area contributed by atoms with Gasteiger partial charge in [0.2, 0.25) is 0 Å². The van der Waals surface area contributed by atoms with Crippen LogP contribution in [0.25, 0.3) is 0 Å². The Morgan fingerprint density at radius 3 is 2.44 bits per heavy atom. The summed E-state index contributed by atoms with van der Waals surface area (Å²) in [5.41, 5.74) is 3.26. The molecule has 1 aromatic carbocycles. The smallest absolute Gasteiger partial charge is 0.146 e. The molecule has 0 amide bonds. The van der Waals surface area contributed by atoms with Crippen molar-refractivity contribution in [1.29, 1.82) is 0 Å². The fourth-order valence-corrected chi connectivity index (χ4v) is 1.67. The lowest BCUT2D eigenvalue weighted by molar-refractivity contribution is 0.219. The summed E-state index contributed by atoms with van der Waals surface area (Å²) in [6.45, 7) is 7.03. The Kier molecular flexibility index (Phi) is 5.54. The van der Waals surface area contributed by atoms with E-state index in [1.165, 1.54) is 0 Å². The molecular formula is C15H20O2Si. The average molecular weight is 260 g/mol. The lowest BCUT2D eigenvalue weighted by Gasteiger charge is -2.08. The Morgan fingerprint density at radius 1 is 1.22 bits per heavy atom. The van der Waals surface area contributed by atoms with Gasteiger partial charge in [-0.3, -0.25) is 0 Å². The first kappa shape index (κ1) is 14.4. The average Bonchev–Trinajstić information content (AvgIpc) is 2.33. The Labute approximate surface area is 111 Å². The zero-order valence-electron chi connectivity index (χ0n) is 11.5. The maximum Gasteiger partial charge on any atom is 0.146 e. The Balaban J connectivity index is 2.57. The molecule has 0 radical (unpaired) electrons. The molecule has 0 bridgehead atoms. The van der Waals surface area contributed by atoms with Crippen LogP contribution < -0.4 is 4.74 Å². The third-order valence-electron chi connectivity index (χ3n) is 2.07. The summed E-state index contributed by atoms with van der Waals surface area (Å²) in [6.07, 6.45) is 1.79. The molecule has 0 atom stereocenters. The van der Waals surface area contributed by atoms with E-state index in [1.54, 1.807) is 13.2 Å². The fraction of sp³-hybridized carbons (Fsp3) is 0.333. The van der Waals surface area contributed by atoms with E-state index in [1.807, 2.05) is 30.3 Å². The van der Waals surface area contributed by atoms with Crippen LogP contribution in [0.5, 0.6) is 5.75 Å². The van der Waals surface area contributed by atoms with Crippen molar-refractivity contribution in [3.05, 3.63) is 42.2 Å². The quantitative estimate of drug-likeness (QED) is 0.469. The summed E-state index contributed by atoms with van der Waals surface area (Å²) in [7, 11) is 0.310. The third-order valence-corrected chi connectivity index (χ3v) is 2.96. The van der Waals surface area contributed by atoms with Gasteiger partial charge in [0, 0.05) is 6.08 Å². The Hall–Kier alpha value is -1.66. The van der Waals surface area contributed by atoms with Crippen LogP contribution in [-0.4, -0.2) is 21.8 Å². The van der Waals surface area contributed by atoms with E-state index < -0.39 is 8.07 Å². The fourth-order valence-electron chi connectivity index (χ4n) is 1.16. The van der Waals surface area contributed by atoms with Gasteiger partial charge in [0.05, 0.1) is 7.11 Å². The molecule has 3 heteroatoms. The van der Waals surface area contributed by atoms with Crippen LogP contribution in [0.2, 0.25) is 19.6 Å². The molecule has 1 aromatic rings. The van der Waals surface area contributed by atoms with Gasteiger partial charge in [-0.15, -0.1) is 5.54 Å². The van der Waals surface area contributed by atoms with Crippen molar-refractivity contribution >= 4 is 8.07 Å². The Morgan fingerprint density at radius 2 is 1.89 bits per heavy atom. The molecule has 96 valence electrons. The summed E-state index contributed by atoms with van der Waals surface area (Å²) in [6, 6.07) is 9.68. The van der Waals surface area contributed by atoms with Crippen LogP contribution >= 0.6 is 0 Å². The lowest BCUT2D eigenvalue weighted by Crippen LogP contribution is -2.16. The van der Waals surface area contributed by atoms with Crippen molar-refractivity contribution in [2.75, 3.05) is 13.7 Å². The van der Waals surface area contributed by atoms with E-state index in [9.17, 15) is 0 Å². The second kappa shape index (κ2) is 6.92. The normalized spacial score (nSPS) is 11.4. The van der Waals surface area contributed by atoms with E-state index in [-0.39, 0.29) is 0 Å². The van der Waals surface area contributed by atoms with E-state index in [0.29, 0.717) is 6.61 Å². The van der Waals surface area contributed by atoms with Crippen molar-refractivity contribution < 1.29 is 9.47 Å². The SMILES string of the molecule is CO/C(=C\C#C[Si](C)(C)C)COc1ccccc1. The molecule has 0 saturated heterocycles. The van der Waals surface area contributed by atoms with Gasteiger partial charge in [-0.2, -0.15) is 0 Å². The number of ether oxygens (including phenoxy) is 2. The number of hydrogen-bond acceptors (Lipinski definition) is 2. The second-order valence-electron chi connectivity index (χ2n) is 4.94. The van der Waals surface area contributed by atoms with E-state index in [2.05, 4.69) is 31.1 Å². The number of hydrogen-bond donors (Lipinski definition) is 0. The molecule has 0 saturated carbocycles. The lowest BCUT2D eigenvalue weighted by atomic mass is 10.3. The predicted octanol–water partition coefficient (Wildman–Crippen LogP) is 3.48. The molecule has 0 spiro atoms. The molecule has 0 aliphatic heterocycles. The number of allylic oxidation sites excluding steroid dienone is 1. The van der Waals surface area contributed by atoms with Gasteiger partial charge in [0.25, 0.3) is 0 Å². The third kappa shape index (κ3) is 6.17. The molecule has 18 heavy (non-hydrogen) atoms. The Bertz CT molecular complexity index is 447. The van der Waals surface area contributed by atoms with Crippen LogP contribution in [0.1, 0.15) is 0 Å². The number of para-hydroxylation sites is 1. The van der Waals surface area contributed by atoms with Crippen LogP contribution in [0.15, 0.2) is 42.2 Å². The molecule has 0 aliphatic rings. The number of methoxy groups -OCH3 is 1. The molecule has 0 heterocycles. The highest BCUT2D eigenvalue weighted by Crippen LogP contribution is 2.09. The zero-order chi connectivity index (χ0) is 13.4. The van der Waals surface area contributed by atoms with E-state index >= 15 is 0 Å². The van der Waals surface area contributed by atoms with Crippen LogP contribution in [0.3, 0.4) is 0 Å². The van der Waals surface area contributed by atoms with Crippen molar-refractivity contribution in [2.45, 2.75) is 19.6 Å². The molecular weight excluding hydrogens is 240 g/mol. The molecule has 1 rings (SSSR count). The van der Waals surface area contributed by atoms with Gasteiger partial charge in [0.1, 0.15) is 26.2 Å². The monoisotopic (exact) mass is 260 g/mol. The van der Waals surface area contributed by atoms with Gasteiger partial charge < -0.3 is 9.47 Å². The first-order valence-electron chi connectivity index (χ1n) is 5.95. The first-order valence-corrected chi connectivity index (χ1v) is 9.45. The van der Waals surface area contributed by atoms with Gasteiger partial charge >= 0.3 is 0 Å². The van der Waals surface area contributed by atoms with Crippen molar-refractivity contribution in [3.8, 4) is 17.2 Å². The topological polar surface area (TPSA) is 18.5 Å². The van der Waals surface area contributed by atoms with Crippen LogP contribution in [0.4, 0.5) is 0 Å². The van der Waals surface area contributed by atoms with E-state index in [4.69, 9.17) is 9.47 Å². The first-order chi connectivity index (χ1) is 8.51. The minimum Gasteiger partial charge on any atom is -0.497 e. The second-order valence-corrected chi connectivity index (χ2v) is 9.69. The zero-order valence-corrected chi connectivity index (χ0v) is 12.5. The van der Waals surface area contributed by atoms with E-state index in [0.717, 1.165) is 11.5 Å². The molecule has 0 aliphatic carbocycles. The van der Waals surface area contributed by atoms with Crippen LogP contribution in [-0.2, 0) is 4.74 Å². The van der Waals surface area contributed by atoms with Gasteiger partial charge in [-0.25, -0.2) is 0 Å². The minimum absolute atomic E-state index is 0.404. The summed E-state index contributed by atoms with van der Waals surface area (Å²) in [5.74, 6) is 4.63. The largest absolute Gasteiger partial charge is 0.497 e. The number of benzene rings is 1. The number of rotatable bonds is 4. The molecule has 0 fully saturated rings. The minimum atomic E-state index is -1.33. The maximum absolute atomic E-state index is 5.59. The van der Waals surface area contributed by atoms with Crippen LogP contribution in [0, 0.1) is 11.5 Å².